The zero-order chi connectivity index (χ0) is 14.5. The largest absolute Gasteiger partial charge is 0.481 e. The minimum absolute atomic E-state index is 0.200. The van der Waals surface area contributed by atoms with Gasteiger partial charge < -0.3 is 15.3 Å². The Bertz CT molecular complexity index is 478. The van der Waals surface area contributed by atoms with Gasteiger partial charge in [0.2, 0.25) is 0 Å². The van der Waals surface area contributed by atoms with Crippen molar-refractivity contribution in [2.45, 2.75) is 25.8 Å². The number of aliphatic carboxylic acids is 1. The van der Waals surface area contributed by atoms with E-state index in [1.807, 2.05) is 25.1 Å². The number of nitrogens with one attached hydrogen (secondary N) is 1. The number of carbonyl (C=O) groups excluding carboxylic acids is 1. The van der Waals surface area contributed by atoms with Crippen molar-refractivity contribution in [1.82, 2.24) is 15.2 Å². The van der Waals surface area contributed by atoms with Crippen molar-refractivity contribution in [2.24, 2.45) is 5.92 Å². The molecule has 1 fully saturated rings. The van der Waals surface area contributed by atoms with Crippen LogP contribution in [0, 0.1) is 5.92 Å². The second kappa shape index (κ2) is 6.36. The monoisotopic (exact) mass is 277 g/mol. The van der Waals surface area contributed by atoms with Gasteiger partial charge in [0.15, 0.2) is 0 Å². The summed E-state index contributed by atoms with van der Waals surface area (Å²) in [7, 11) is 0. The van der Waals surface area contributed by atoms with Crippen molar-refractivity contribution in [3.63, 3.8) is 0 Å². The number of pyridine rings is 1. The van der Waals surface area contributed by atoms with Crippen LogP contribution in [0.25, 0.3) is 0 Å². The normalized spacial score (nSPS) is 20.2. The van der Waals surface area contributed by atoms with Crippen LogP contribution >= 0.6 is 0 Å². The van der Waals surface area contributed by atoms with E-state index in [-0.39, 0.29) is 18.6 Å². The smallest absolute Gasteiger partial charge is 0.317 e. The lowest BCUT2D eigenvalue weighted by Crippen LogP contribution is -2.47. The van der Waals surface area contributed by atoms with Crippen molar-refractivity contribution < 1.29 is 14.7 Å². The lowest BCUT2D eigenvalue weighted by Gasteiger charge is -2.31. The number of urea groups is 1. The topological polar surface area (TPSA) is 82.5 Å². The molecule has 20 heavy (non-hydrogen) atoms. The maximum absolute atomic E-state index is 12.1. The van der Waals surface area contributed by atoms with Gasteiger partial charge in [-0.15, -0.1) is 0 Å². The minimum atomic E-state index is -0.833. The molecule has 0 bridgehead atoms. The number of hydrogen-bond donors (Lipinski definition) is 2. The van der Waals surface area contributed by atoms with Gasteiger partial charge in [-0.3, -0.25) is 9.78 Å². The first kappa shape index (κ1) is 14.3. The number of hydrogen-bond acceptors (Lipinski definition) is 3. The van der Waals surface area contributed by atoms with E-state index in [2.05, 4.69) is 10.3 Å². The van der Waals surface area contributed by atoms with E-state index in [1.54, 1.807) is 11.1 Å². The second-order valence-electron chi connectivity index (χ2n) is 5.05. The fourth-order valence-electron chi connectivity index (χ4n) is 2.35. The molecule has 2 atom stereocenters. The number of likely N-dealkylation sites (tertiary alicyclic amines) is 1. The molecule has 0 saturated carbocycles. The van der Waals surface area contributed by atoms with Gasteiger partial charge >= 0.3 is 12.0 Å². The lowest BCUT2D eigenvalue weighted by molar-refractivity contribution is -0.143. The minimum Gasteiger partial charge on any atom is -0.481 e. The standard InChI is InChI=1S/C14H19N3O3/c1-10(12-6-2-3-7-15-12)16-14(20)17-8-4-5-11(9-17)13(18)19/h2-3,6-7,10-11H,4-5,8-9H2,1H3,(H,16,20)(H,18,19)/t10?,11-/m0/s1. The first-order valence-electron chi connectivity index (χ1n) is 6.77. The summed E-state index contributed by atoms with van der Waals surface area (Å²) < 4.78 is 0. The molecule has 1 aromatic heterocycles. The maximum Gasteiger partial charge on any atom is 0.317 e. The Labute approximate surface area is 117 Å². The summed E-state index contributed by atoms with van der Waals surface area (Å²) in [4.78, 5) is 28.9. The average Bonchev–Trinajstić information content (AvgIpc) is 2.48. The van der Waals surface area contributed by atoms with E-state index >= 15 is 0 Å². The third-order valence-corrected chi connectivity index (χ3v) is 3.53. The van der Waals surface area contributed by atoms with Gasteiger partial charge in [0.05, 0.1) is 17.7 Å². The molecule has 0 aromatic carbocycles. The van der Waals surface area contributed by atoms with E-state index in [0.717, 1.165) is 12.1 Å². The number of piperidine rings is 1. The van der Waals surface area contributed by atoms with Gasteiger partial charge in [0.1, 0.15) is 0 Å². The van der Waals surface area contributed by atoms with Crippen molar-refractivity contribution in [2.75, 3.05) is 13.1 Å². The summed E-state index contributed by atoms with van der Waals surface area (Å²) in [5.74, 6) is -1.29. The summed E-state index contributed by atoms with van der Waals surface area (Å²) in [6.07, 6.45) is 3.04. The average molecular weight is 277 g/mol. The third-order valence-electron chi connectivity index (χ3n) is 3.53. The second-order valence-corrected chi connectivity index (χ2v) is 5.05. The summed E-state index contributed by atoms with van der Waals surface area (Å²) in [5.41, 5.74) is 0.785. The molecular weight excluding hydrogens is 258 g/mol. The Morgan fingerprint density at radius 2 is 2.30 bits per heavy atom. The SMILES string of the molecule is CC(NC(=O)N1CCC[C@H](C(=O)O)C1)c1ccccn1. The number of amides is 2. The fourth-order valence-corrected chi connectivity index (χ4v) is 2.35. The molecule has 2 rings (SSSR count). The fraction of sp³-hybridized carbons (Fsp3) is 0.500. The number of carboxylic acid groups (broad SMARTS) is 1. The van der Waals surface area contributed by atoms with Crippen LogP contribution in [0.15, 0.2) is 24.4 Å². The highest BCUT2D eigenvalue weighted by molar-refractivity contribution is 5.76. The quantitative estimate of drug-likeness (QED) is 0.880. The summed E-state index contributed by atoms with van der Waals surface area (Å²) >= 11 is 0. The molecule has 1 aliphatic rings. The number of rotatable bonds is 3. The van der Waals surface area contributed by atoms with Crippen molar-refractivity contribution in [1.29, 1.82) is 0 Å². The summed E-state index contributed by atoms with van der Waals surface area (Å²) in [6.45, 7) is 2.74. The highest BCUT2D eigenvalue weighted by atomic mass is 16.4. The molecule has 1 aliphatic heterocycles. The zero-order valence-electron chi connectivity index (χ0n) is 11.5. The molecule has 108 valence electrons. The number of carboxylic acids is 1. The zero-order valence-corrected chi connectivity index (χ0v) is 11.5. The number of nitrogens with zero attached hydrogens (tertiary/aromatic N) is 2. The van der Waals surface area contributed by atoms with Gasteiger partial charge in [-0.2, -0.15) is 0 Å². The molecule has 2 amide bonds. The summed E-state index contributed by atoms with van der Waals surface area (Å²) in [5, 5.41) is 11.9. The maximum atomic E-state index is 12.1. The number of aromatic nitrogens is 1. The molecule has 2 heterocycles. The Balaban J connectivity index is 1.93. The highest BCUT2D eigenvalue weighted by Gasteiger charge is 2.28. The van der Waals surface area contributed by atoms with Crippen LogP contribution in [0.5, 0.6) is 0 Å². The van der Waals surface area contributed by atoms with Crippen LogP contribution in [0.4, 0.5) is 4.79 Å². The van der Waals surface area contributed by atoms with Crippen LogP contribution in [0.1, 0.15) is 31.5 Å². The Kier molecular flexibility index (Phi) is 4.55. The molecule has 6 nitrogen and oxygen atoms in total. The van der Waals surface area contributed by atoms with Crippen molar-refractivity contribution >= 4 is 12.0 Å². The molecular formula is C14H19N3O3. The molecule has 1 aromatic rings. The van der Waals surface area contributed by atoms with Crippen LogP contribution in [-0.2, 0) is 4.79 Å². The van der Waals surface area contributed by atoms with Crippen LogP contribution < -0.4 is 5.32 Å². The van der Waals surface area contributed by atoms with Crippen molar-refractivity contribution in [3.8, 4) is 0 Å². The van der Waals surface area contributed by atoms with Crippen LogP contribution in [0.3, 0.4) is 0 Å². The van der Waals surface area contributed by atoms with Gasteiger partial charge in [-0.05, 0) is 31.9 Å². The highest BCUT2D eigenvalue weighted by Crippen LogP contribution is 2.17. The van der Waals surface area contributed by atoms with E-state index in [0.29, 0.717) is 13.0 Å². The molecule has 6 heteroatoms. The molecule has 2 N–H and O–H groups in total. The third kappa shape index (κ3) is 3.46. The van der Waals surface area contributed by atoms with E-state index in [9.17, 15) is 9.59 Å². The van der Waals surface area contributed by atoms with E-state index in [1.165, 1.54) is 0 Å². The van der Waals surface area contributed by atoms with Crippen LogP contribution in [0.2, 0.25) is 0 Å². The van der Waals surface area contributed by atoms with Gasteiger partial charge in [-0.1, -0.05) is 6.07 Å². The molecule has 1 saturated heterocycles. The first-order valence-corrected chi connectivity index (χ1v) is 6.77. The molecule has 1 unspecified atom stereocenters. The number of carbonyl (C=O) groups is 2. The van der Waals surface area contributed by atoms with Crippen LogP contribution in [-0.4, -0.2) is 40.1 Å². The van der Waals surface area contributed by atoms with Gasteiger partial charge in [0, 0.05) is 19.3 Å². The summed E-state index contributed by atoms with van der Waals surface area (Å²) in [6, 6.07) is 5.11. The van der Waals surface area contributed by atoms with E-state index in [4.69, 9.17) is 5.11 Å². The Morgan fingerprint density at radius 1 is 1.50 bits per heavy atom. The Hall–Kier alpha value is -2.11. The van der Waals surface area contributed by atoms with Gasteiger partial charge in [0.25, 0.3) is 0 Å². The van der Waals surface area contributed by atoms with Crippen molar-refractivity contribution in [3.05, 3.63) is 30.1 Å². The predicted molar refractivity (Wildman–Crippen MR) is 73.1 cm³/mol. The first-order chi connectivity index (χ1) is 9.58. The molecule has 0 radical (unpaired) electrons. The molecule has 0 aliphatic carbocycles. The molecule has 0 spiro atoms. The lowest BCUT2D eigenvalue weighted by atomic mass is 9.99. The van der Waals surface area contributed by atoms with Gasteiger partial charge in [-0.25, -0.2) is 4.79 Å². The predicted octanol–water partition coefficient (Wildman–Crippen LogP) is 1.65. The van der Waals surface area contributed by atoms with E-state index < -0.39 is 11.9 Å². The Morgan fingerprint density at radius 3 is 2.95 bits per heavy atom.